The van der Waals surface area contributed by atoms with E-state index in [1.165, 1.54) is 0 Å². The molecule has 0 atom stereocenters. The van der Waals surface area contributed by atoms with Gasteiger partial charge in [-0.2, -0.15) is 0 Å². The van der Waals surface area contributed by atoms with E-state index in [-0.39, 0.29) is 0 Å². The lowest BCUT2D eigenvalue weighted by molar-refractivity contribution is 0.922. The predicted molar refractivity (Wildman–Crippen MR) is 50.0 cm³/mol. The van der Waals surface area contributed by atoms with E-state index in [1.807, 2.05) is 30.8 Å². The van der Waals surface area contributed by atoms with Gasteiger partial charge in [-0.1, -0.05) is 0 Å². The van der Waals surface area contributed by atoms with Crippen molar-refractivity contribution in [3.8, 4) is 11.4 Å². The van der Waals surface area contributed by atoms with Gasteiger partial charge in [0.2, 0.25) is 0 Å². The Labute approximate surface area is 77.1 Å². The van der Waals surface area contributed by atoms with Crippen LogP contribution in [-0.4, -0.2) is 14.5 Å². The second-order valence-electron chi connectivity index (χ2n) is 3.03. The van der Waals surface area contributed by atoms with Crippen LogP contribution in [0.25, 0.3) is 11.4 Å². The van der Waals surface area contributed by atoms with E-state index in [9.17, 15) is 0 Å². The number of aromatic nitrogens is 3. The summed E-state index contributed by atoms with van der Waals surface area (Å²) in [5.41, 5.74) is 2.06. The molecule has 2 heterocycles. The predicted octanol–water partition coefficient (Wildman–Crippen LogP) is 1.59. The first-order valence-electron chi connectivity index (χ1n) is 4.09. The van der Waals surface area contributed by atoms with E-state index in [1.54, 1.807) is 12.4 Å². The number of hydrogen-bond donors (Lipinski definition) is 0. The van der Waals surface area contributed by atoms with E-state index in [2.05, 4.69) is 16.2 Å². The average Bonchev–Trinajstić information content (AvgIpc) is 2.51. The molecule has 0 aliphatic carbocycles. The van der Waals surface area contributed by atoms with E-state index < -0.39 is 0 Å². The van der Waals surface area contributed by atoms with Crippen molar-refractivity contribution in [3.63, 3.8) is 0 Å². The Kier molecular flexibility index (Phi) is 1.85. The third-order valence-corrected chi connectivity index (χ3v) is 1.89. The standard InChI is InChI=1S/C10H10N3/c1-8-5-9(7-11-6-8)10-12-3-4-13(10)2/h3-6H,1-2H3. The summed E-state index contributed by atoms with van der Waals surface area (Å²) in [4.78, 5) is 8.22. The molecule has 0 amide bonds. The Balaban J connectivity index is 2.53. The van der Waals surface area contributed by atoms with Gasteiger partial charge in [0.25, 0.3) is 0 Å². The van der Waals surface area contributed by atoms with Crippen LogP contribution < -0.4 is 0 Å². The molecule has 0 saturated heterocycles. The van der Waals surface area contributed by atoms with Gasteiger partial charge >= 0.3 is 0 Å². The van der Waals surface area contributed by atoms with E-state index in [0.29, 0.717) is 0 Å². The molecule has 0 aromatic carbocycles. The highest BCUT2D eigenvalue weighted by atomic mass is 15.0. The van der Waals surface area contributed by atoms with Crippen LogP contribution in [0.5, 0.6) is 0 Å². The normalized spacial score (nSPS) is 10.3. The minimum Gasteiger partial charge on any atom is -0.334 e. The lowest BCUT2D eigenvalue weighted by atomic mass is 10.2. The topological polar surface area (TPSA) is 30.7 Å². The van der Waals surface area contributed by atoms with Gasteiger partial charge in [0.05, 0.1) is 0 Å². The zero-order chi connectivity index (χ0) is 9.26. The van der Waals surface area contributed by atoms with Crippen molar-refractivity contribution in [2.75, 3.05) is 0 Å². The Hall–Kier alpha value is -1.64. The van der Waals surface area contributed by atoms with Crippen LogP contribution in [0.2, 0.25) is 0 Å². The minimum absolute atomic E-state index is 0.899. The molecule has 13 heavy (non-hydrogen) atoms. The zero-order valence-corrected chi connectivity index (χ0v) is 7.65. The van der Waals surface area contributed by atoms with Crippen molar-refractivity contribution in [2.45, 2.75) is 6.92 Å². The van der Waals surface area contributed by atoms with E-state index in [0.717, 1.165) is 17.0 Å². The van der Waals surface area contributed by atoms with Crippen LogP contribution in [0.15, 0.2) is 24.7 Å². The fourth-order valence-electron chi connectivity index (χ4n) is 1.24. The van der Waals surface area contributed by atoms with Gasteiger partial charge in [-0.3, -0.25) is 4.98 Å². The summed E-state index contributed by atoms with van der Waals surface area (Å²) in [6.45, 7) is 2.01. The SMILES string of the molecule is Cc1cn[c]c(-c2nccn2C)c1. The molecule has 0 aliphatic heterocycles. The van der Waals surface area contributed by atoms with Gasteiger partial charge in [0, 0.05) is 31.2 Å². The van der Waals surface area contributed by atoms with Crippen molar-refractivity contribution in [2.24, 2.45) is 7.05 Å². The third-order valence-electron chi connectivity index (χ3n) is 1.89. The molecule has 0 saturated carbocycles. The van der Waals surface area contributed by atoms with Crippen LogP contribution in [0.3, 0.4) is 0 Å². The maximum Gasteiger partial charge on any atom is 0.141 e. The first kappa shape index (κ1) is 7.98. The summed E-state index contributed by atoms with van der Waals surface area (Å²) >= 11 is 0. The average molecular weight is 172 g/mol. The van der Waals surface area contributed by atoms with Crippen LogP contribution in [0.1, 0.15) is 5.56 Å². The Morgan fingerprint density at radius 2 is 2.31 bits per heavy atom. The molecule has 0 unspecified atom stereocenters. The lowest BCUT2D eigenvalue weighted by Gasteiger charge is -2.00. The number of imidazole rings is 1. The molecular formula is C10H10N3. The third kappa shape index (κ3) is 1.45. The van der Waals surface area contributed by atoms with Gasteiger partial charge in [-0.25, -0.2) is 4.98 Å². The first-order valence-corrected chi connectivity index (χ1v) is 4.09. The van der Waals surface area contributed by atoms with Crippen molar-refractivity contribution in [1.29, 1.82) is 0 Å². The second kappa shape index (κ2) is 3.01. The minimum atomic E-state index is 0.899. The maximum absolute atomic E-state index is 4.22. The van der Waals surface area contributed by atoms with Crippen molar-refractivity contribution >= 4 is 0 Å². The molecule has 0 aliphatic rings. The van der Waals surface area contributed by atoms with Gasteiger partial charge in [-0.15, -0.1) is 0 Å². The van der Waals surface area contributed by atoms with Crippen LogP contribution in [0.4, 0.5) is 0 Å². The van der Waals surface area contributed by atoms with Gasteiger partial charge in [0.1, 0.15) is 12.0 Å². The summed E-state index contributed by atoms with van der Waals surface area (Å²) < 4.78 is 1.95. The molecule has 1 radical (unpaired) electrons. The molecule has 0 fully saturated rings. The monoisotopic (exact) mass is 172 g/mol. The van der Waals surface area contributed by atoms with Crippen molar-refractivity contribution in [1.82, 2.24) is 14.5 Å². The smallest absolute Gasteiger partial charge is 0.141 e. The summed E-state index contributed by atoms with van der Waals surface area (Å²) in [6, 6.07) is 2.02. The fraction of sp³-hybridized carbons (Fsp3) is 0.200. The quantitative estimate of drug-likeness (QED) is 0.654. The number of nitrogens with zero attached hydrogens (tertiary/aromatic N) is 3. The maximum atomic E-state index is 4.22. The Morgan fingerprint density at radius 1 is 1.46 bits per heavy atom. The molecule has 0 bridgehead atoms. The van der Waals surface area contributed by atoms with Gasteiger partial charge in [-0.05, 0) is 18.6 Å². The van der Waals surface area contributed by atoms with E-state index in [4.69, 9.17) is 0 Å². The van der Waals surface area contributed by atoms with Gasteiger partial charge in [0.15, 0.2) is 0 Å². The van der Waals surface area contributed by atoms with Gasteiger partial charge < -0.3 is 4.57 Å². The Bertz CT molecular complexity index is 418. The van der Waals surface area contributed by atoms with Crippen molar-refractivity contribution < 1.29 is 0 Å². The highest BCUT2D eigenvalue weighted by Crippen LogP contribution is 2.15. The highest BCUT2D eigenvalue weighted by molar-refractivity contribution is 5.53. The number of hydrogen-bond acceptors (Lipinski definition) is 2. The van der Waals surface area contributed by atoms with Crippen molar-refractivity contribution in [3.05, 3.63) is 36.4 Å². The van der Waals surface area contributed by atoms with Crippen LogP contribution in [0, 0.1) is 13.1 Å². The summed E-state index contributed by atoms with van der Waals surface area (Å²) in [6.07, 6.45) is 8.38. The zero-order valence-electron chi connectivity index (χ0n) is 7.65. The molecular weight excluding hydrogens is 162 g/mol. The summed E-state index contributed by atoms with van der Waals surface area (Å²) in [7, 11) is 1.96. The number of aryl methyl sites for hydroxylation is 2. The molecule has 2 aromatic rings. The van der Waals surface area contributed by atoms with E-state index >= 15 is 0 Å². The Morgan fingerprint density at radius 3 is 2.92 bits per heavy atom. The summed E-state index contributed by atoms with van der Waals surface area (Å²) in [5, 5.41) is 0. The molecule has 3 heteroatoms. The molecule has 2 aromatic heterocycles. The molecule has 3 nitrogen and oxygen atoms in total. The lowest BCUT2D eigenvalue weighted by Crippen LogP contribution is -1.92. The number of pyridine rings is 1. The molecule has 0 spiro atoms. The number of rotatable bonds is 1. The second-order valence-corrected chi connectivity index (χ2v) is 3.03. The summed E-state index contributed by atoms with van der Waals surface area (Å²) in [5.74, 6) is 0.899. The van der Waals surface area contributed by atoms with Crippen LogP contribution in [-0.2, 0) is 7.05 Å². The largest absolute Gasteiger partial charge is 0.334 e. The molecule has 65 valence electrons. The first-order chi connectivity index (χ1) is 6.27. The molecule has 2 rings (SSSR count). The highest BCUT2D eigenvalue weighted by Gasteiger charge is 2.03. The fourth-order valence-corrected chi connectivity index (χ4v) is 1.24. The molecule has 0 N–H and O–H groups in total. The van der Waals surface area contributed by atoms with Crippen LogP contribution >= 0.6 is 0 Å².